The Balaban J connectivity index is 0.000000762. The van der Waals surface area contributed by atoms with Gasteiger partial charge in [0.15, 0.2) is 0 Å². The van der Waals surface area contributed by atoms with Gasteiger partial charge in [-0.25, -0.2) is 13.2 Å². The Morgan fingerprint density at radius 3 is 2.26 bits per heavy atom. The molecule has 1 aromatic carbocycles. The second-order valence-corrected chi connectivity index (χ2v) is 9.41. The number of hydrogen-bond donors (Lipinski definition) is 4. The molecule has 0 aliphatic carbocycles. The smallest absolute Gasteiger partial charge is 0.475 e. The second kappa shape index (κ2) is 13.1. The first-order valence-corrected chi connectivity index (χ1v) is 12.4. The Morgan fingerprint density at radius 1 is 1.20 bits per heavy atom. The van der Waals surface area contributed by atoms with Gasteiger partial charge in [0.25, 0.3) is 5.91 Å². The number of carbonyl (C=O) groups is 3. The van der Waals surface area contributed by atoms with E-state index in [0.29, 0.717) is 17.8 Å². The number of amides is 2. The third-order valence-electron chi connectivity index (χ3n) is 4.54. The lowest BCUT2D eigenvalue weighted by Crippen LogP contribution is -2.44. The summed E-state index contributed by atoms with van der Waals surface area (Å²) in [6.45, 7) is 5.52. The summed E-state index contributed by atoms with van der Waals surface area (Å²) in [6.07, 6.45) is -3.19. The molecular weight excluding hydrogens is 495 g/mol. The number of benzene rings is 1. The van der Waals surface area contributed by atoms with Crippen LogP contribution in [0.3, 0.4) is 0 Å². The molecule has 0 unspecified atom stereocenters. The van der Waals surface area contributed by atoms with Crippen LogP contribution < -0.4 is 20.3 Å². The zero-order valence-corrected chi connectivity index (χ0v) is 20.4. The summed E-state index contributed by atoms with van der Waals surface area (Å²) in [5, 5.41) is 13.1. The number of carboxylic acid groups (broad SMARTS) is 1. The summed E-state index contributed by atoms with van der Waals surface area (Å²) >= 11 is 0. The van der Waals surface area contributed by atoms with Crippen LogP contribution in [0, 0.1) is 0 Å². The Kier molecular flexibility index (Phi) is 11.2. The van der Waals surface area contributed by atoms with Crippen molar-refractivity contribution < 1.29 is 41.1 Å². The van der Waals surface area contributed by atoms with Crippen LogP contribution in [0.2, 0.25) is 0 Å². The molecule has 11 nitrogen and oxygen atoms in total. The quantitative estimate of drug-likeness (QED) is 0.388. The second-order valence-electron chi connectivity index (χ2n) is 7.66. The van der Waals surface area contributed by atoms with E-state index in [1.54, 1.807) is 19.2 Å². The molecule has 0 radical (unpaired) electrons. The highest BCUT2D eigenvalue weighted by Crippen LogP contribution is 2.29. The van der Waals surface area contributed by atoms with Gasteiger partial charge < -0.3 is 25.5 Å². The number of likely N-dealkylation sites (N-methyl/N-ethyl adjacent to an activating group) is 1. The molecule has 15 heteroatoms. The molecular formula is C20H30F3N5O6S. The Morgan fingerprint density at radius 2 is 1.77 bits per heavy atom. The maximum atomic E-state index is 12.7. The lowest BCUT2D eigenvalue weighted by atomic mass is 10.1. The first-order valence-electron chi connectivity index (χ1n) is 10.6. The molecule has 2 amide bonds. The van der Waals surface area contributed by atoms with E-state index in [1.165, 1.54) is 11.0 Å². The number of hydrogen-bond acceptors (Lipinski definition) is 7. The van der Waals surface area contributed by atoms with Gasteiger partial charge in [0.2, 0.25) is 15.9 Å². The average molecular weight is 526 g/mol. The molecule has 1 aliphatic rings. The van der Waals surface area contributed by atoms with Crippen LogP contribution in [-0.2, 0) is 19.6 Å². The minimum atomic E-state index is -5.08. The molecule has 0 atom stereocenters. The van der Waals surface area contributed by atoms with Gasteiger partial charge in [-0.15, -0.1) is 0 Å². The van der Waals surface area contributed by atoms with Gasteiger partial charge in [-0.1, -0.05) is 6.92 Å². The van der Waals surface area contributed by atoms with Crippen LogP contribution in [-0.4, -0.2) is 95.0 Å². The minimum absolute atomic E-state index is 0.0623. The predicted molar refractivity (Wildman–Crippen MR) is 124 cm³/mol. The normalized spacial score (nSPS) is 13.8. The molecule has 1 aliphatic heterocycles. The first kappa shape index (κ1) is 30.0. The highest BCUT2D eigenvalue weighted by Gasteiger charge is 2.38. The number of sulfonamides is 1. The monoisotopic (exact) mass is 525 g/mol. The molecule has 0 bridgehead atoms. The number of anilines is 2. The summed E-state index contributed by atoms with van der Waals surface area (Å²) in [7, 11) is -1.97. The van der Waals surface area contributed by atoms with Crippen molar-refractivity contribution in [2.24, 2.45) is 0 Å². The zero-order chi connectivity index (χ0) is 26.8. The van der Waals surface area contributed by atoms with Gasteiger partial charge in [0.1, 0.15) is 0 Å². The van der Waals surface area contributed by atoms with Gasteiger partial charge in [-0.05, 0) is 24.6 Å². The third kappa shape index (κ3) is 10.8. The number of nitrogens with zero attached hydrogens (tertiary/aromatic N) is 2. The minimum Gasteiger partial charge on any atom is -0.475 e. The largest absolute Gasteiger partial charge is 0.490 e. The number of nitrogens with one attached hydrogen (secondary N) is 3. The van der Waals surface area contributed by atoms with E-state index < -0.39 is 22.2 Å². The number of piperazine rings is 1. The van der Waals surface area contributed by atoms with Crippen molar-refractivity contribution in [1.82, 2.24) is 15.5 Å². The number of alkyl halides is 3. The summed E-state index contributed by atoms with van der Waals surface area (Å²) in [5.41, 5.74) is 1.40. The van der Waals surface area contributed by atoms with Crippen molar-refractivity contribution >= 4 is 39.2 Å². The molecule has 0 saturated carbocycles. The molecule has 1 fully saturated rings. The Hall–Kier alpha value is -3.07. The molecule has 0 aromatic heterocycles. The number of carbonyl (C=O) groups excluding carboxylic acids is 2. The summed E-state index contributed by atoms with van der Waals surface area (Å²) < 4.78 is 57.9. The SMILES string of the molecule is CCCNC(=O)CN(C)C(=O)c1ccc(N2CCNCC2)c(NS(C)(=O)=O)c1.O=C(O)C(F)(F)F. The Bertz CT molecular complexity index is 997. The van der Waals surface area contributed by atoms with E-state index in [2.05, 4.69) is 20.3 Å². The van der Waals surface area contributed by atoms with Crippen LogP contribution in [0.1, 0.15) is 23.7 Å². The highest BCUT2D eigenvalue weighted by atomic mass is 32.2. The van der Waals surface area contributed by atoms with Gasteiger partial charge in [-0.3, -0.25) is 14.3 Å². The molecule has 35 heavy (non-hydrogen) atoms. The van der Waals surface area contributed by atoms with Crippen molar-refractivity contribution in [2.45, 2.75) is 19.5 Å². The van der Waals surface area contributed by atoms with Crippen molar-refractivity contribution in [2.75, 3.05) is 62.2 Å². The topological polar surface area (TPSA) is 148 Å². The van der Waals surface area contributed by atoms with Gasteiger partial charge in [0, 0.05) is 45.3 Å². The van der Waals surface area contributed by atoms with E-state index in [9.17, 15) is 31.2 Å². The fraction of sp³-hybridized carbons (Fsp3) is 0.550. The van der Waals surface area contributed by atoms with Crippen molar-refractivity contribution in [3.8, 4) is 0 Å². The fourth-order valence-electron chi connectivity index (χ4n) is 2.96. The van der Waals surface area contributed by atoms with Crippen LogP contribution in [0.25, 0.3) is 0 Å². The fourth-order valence-corrected chi connectivity index (χ4v) is 3.52. The van der Waals surface area contributed by atoms with Crippen LogP contribution >= 0.6 is 0 Å². The maximum absolute atomic E-state index is 12.7. The summed E-state index contributed by atoms with van der Waals surface area (Å²) in [6, 6.07) is 4.94. The van der Waals surface area contributed by atoms with E-state index in [0.717, 1.165) is 44.5 Å². The third-order valence-corrected chi connectivity index (χ3v) is 5.13. The van der Waals surface area contributed by atoms with Gasteiger partial charge >= 0.3 is 12.1 Å². The van der Waals surface area contributed by atoms with E-state index in [1.807, 2.05) is 6.92 Å². The molecule has 0 spiro atoms. The van der Waals surface area contributed by atoms with E-state index in [4.69, 9.17) is 9.90 Å². The molecule has 198 valence electrons. The van der Waals surface area contributed by atoms with Crippen molar-refractivity contribution in [1.29, 1.82) is 0 Å². The summed E-state index contributed by atoms with van der Waals surface area (Å²) in [4.78, 5) is 36.8. The number of halogens is 3. The van der Waals surface area contributed by atoms with Crippen LogP contribution in [0.4, 0.5) is 24.5 Å². The molecule has 1 heterocycles. The standard InChI is InChI=1S/C18H29N5O4S.C2HF3O2/c1-4-7-20-17(24)13-22(2)18(25)14-5-6-16(23-10-8-19-9-11-23)15(12-14)21-28(3,26)27;3-2(4,5)1(6)7/h5-6,12,19,21H,4,7-11,13H2,1-3H3,(H,20,24);(H,6,7). The molecule has 4 N–H and O–H groups in total. The molecule has 2 rings (SSSR count). The first-order chi connectivity index (χ1) is 16.2. The van der Waals surface area contributed by atoms with Crippen molar-refractivity contribution in [3.05, 3.63) is 23.8 Å². The molecule has 1 saturated heterocycles. The van der Waals surface area contributed by atoms with Gasteiger partial charge in [0.05, 0.1) is 24.2 Å². The highest BCUT2D eigenvalue weighted by molar-refractivity contribution is 7.92. The van der Waals surface area contributed by atoms with Gasteiger partial charge in [-0.2, -0.15) is 13.2 Å². The van der Waals surface area contributed by atoms with Crippen LogP contribution in [0.15, 0.2) is 18.2 Å². The predicted octanol–water partition coefficient (Wildman–Crippen LogP) is 0.699. The molecule has 1 aromatic rings. The maximum Gasteiger partial charge on any atom is 0.490 e. The average Bonchev–Trinajstić information content (AvgIpc) is 2.76. The number of aliphatic carboxylic acids is 1. The lowest BCUT2D eigenvalue weighted by molar-refractivity contribution is -0.192. The Labute approximate surface area is 201 Å². The van der Waals surface area contributed by atoms with E-state index >= 15 is 0 Å². The van der Waals surface area contributed by atoms with E-state index in [-0.39, 0.29) is 18.4 Å². The zero-order valence-electron chi connectivity index (χ0n) is 19.6. The van der Waals surface area contributed by atoms with Crippen molar-refractivity contribution in [3.63, 3.8) is 0 Å². The lowest BCUT2D eigenvalue weighted by Gasteiger charge is -2.31. The number of carboxylic acids is 1. The van der Waals surface area contributed by atoms with Crippen LogP contribution in [0.5, 0.6) is 0 Å². The summed E-state index contributed by atoms with van der Waals surface area (Å²) in [5.74, 6) is -3.34. The number of rotatable bonds is 8.